The molecule has 3 nitrogen and oxygen atoms in total. The van der Waals surface area contributed by atoms with Gasteiger partial charge in [0.25, 0.3) is 0 Å². The highest BCUT2D eigenvalue weighted by Gasteiger charge is 2.38. The Kier molecular flexibility index (Phi) is 4.61. The Labute approximate surface area is 124 Å². The van der Waals surface area contributed by atoms with Gasteiger partial charge in [-0.3, -0.25) is 4.79 Å². The molecule has 1 aliphatic rings. The summed E-state index contributed by atoms with van der Waals surface area (Å²) in [6.45, 7) is 5.28. The molecule has 116 valence electrons. The molecule has 1 aliphatic heterocycles. The van der Waals surface area contributed by atoms with Crippen molar-refractivity contribution in [2.75, 3.05) is 20.1 Å². The minimum Gasteiger partial charge on any atom is -0.338 e. The van der Waals surface area contributed by atoms with E-state index in [1.165, 1.54) is 4.90 Å². The zero-order valence-corrected chi connectivity index (χ0v) is 12.7. The van der Waals surface area contributed by atoms with Crippen LogP contribution in [0.1, 0.15) is 38.3 Å². The van der Waals surface area contributed by atoms with Crippen LogP contribution in [0.2, 0.25) is 0 Å². The molecule has 1 atom stereocenters. The summed E-state index contributed by atoms with van der Waals surface area (Å²) in [4.78, 5) is 14.2. The summed E-state index contributed by atoms with van der Waals surface area (Å²) in [6.07, 6.45) is 1.52. The number of halogens is 2. The first kappa shape index (κ1) is 15.9. The molecule has 0 saturated carbocycles. The van der Waals surface area contributed by atoms with Crippen LogP contribution in [-0.2, 0) is 4.79 Å². The lowest BCUT2D eigenvalue weighted by atomic mass is 9.79. The number of benzene rings is 1. The van der Waals surface area contributed by atoms with Gasteiger partial charge in [-0.05, 0) is 51.1 Å². The average Bonchev–Trinajstić information content (AvgIpc) is 2.48. The Balaban J connectivity index is 2.20. The average molecular weight is 296 g/mol. The number of nitrogens with zero attached hydrogens (tertiary/aromatic N) is 1. The van der Waals surface area contributed by atoms with E-state index in [4.69, 9.17) is 0 Å². The number of carbonyl (C=O) groups excluding carboxylic acids is 1. The lowest BCUT2D eigenvalue weighted by Crippen LogP contribution is -2.47. The van der Waals surface area contributed by atoms with Crippen molar-refractivity contribution in [1.29, 1.82) is 0 Å². The van der Waals surface area contributed by atoms with Crippen molar-refractivity contribution in [2.45, 2.75) is 32.7 Å². The third-order valence-corrected chi connectivity index (χ3v) is 4.53. The van der Waals surface area contributed by atoms with Crippen molar-refractivity contribution >= 4 is 5.91 Å². The van der Waals surface area contributed by atoms with Crippen LogP contribution < -0.4 is 5.32 Å². The van der Waals surface area contributed by atoms with E-state index in [1.807, 2.05) is 6.92 Å². The van der Waals surface area contributed by atoms with Crippen LogP contribution in [0.5, 0.6) is 0 Å². The molecule has 0 bridgehead atoms. The Morgan fingerprint density at radius 1 is 1.33 bits per heavy atom. The molecule has 1 heterocycles. The van der Waals surface area contributed by atoms with Crippen molar-refractivity contribution < 1.29 is 13.6 Å². The number of hydrogen-bond acceptors (Lipinski definition) is 2. The van der Waals surface area contributed by atoms with E-state index in [0.717, 1.165) is 44.1 Å². The predicted molar refractivity (Wildman–Crippen MR) is 77.8 cm³/mol. The van der Waals surface area contributed by atoms with Gasteiger partial charge in [0, 0.05) is 18.0 Å². The van der Waals surface area contributed by atoms with Gasteiger partial charge in [-0.2, -0.15) is 0 Å². The third-order valence-electron chi connectivity index (χ3n) is 4.53. The van der Waals surface area contributed by atoms with Gasteiger partial charge in [-0.1, -0.05) is 6.92 Å². The molecule has 1 aromatic rings. The van der Waals surface area contributed by atoms with E-state index in [-0.39, 0.29) is 11.5 Å². The summed E-state index contributed by atoms with van der Waals surface area (Å²) in [7, 11) is 1.66. The molecule has 2 rings (SSSR count). The van der Waals surface area contributed by atoms with Crippen molar-refractivity contribution in [3.8, 4) is 0 Å². The maximum atomic E-state index is 13.9. The van der Waals surface area contributed by atoms with Crippen molar-refractivity contribution in [1.82, 2.24) is 10.2 Å². The molecule has 1 fully saturated rings. The molecule has 1 amide bonds. The molecular weight excluding hydrogens is 274 g/mol. The van der Waals surface area contributed by atoms with E-state index in [1.54, 1.807) is 14.0 Å². The topological polar surface area (TPSA) is 32.3 Å². The largest absolute Gasteiger partial charge is 0.338 e. The normalized spacial score (nSPS) is 19.1. The zero-order valence-electron chi connectivity index (χ0n) is 12.7. The van der Waals surface area contributed by atoms with Crippen LogP contribution in [0.15, 0.2) is 18.2 Å². The molecule has 21 heavy (non-hydrogen) atoms. The van der Waals surface area contributed by atoms with E-state index >= 15 is 0 Å². The third kappa shape index (κ3) is 3.23. The van der Waals surface area contributed by atoms with Gasteiger partial charge < -0.3 is 10.2 Å². The van der Waals surface area contributed by atoms with Crippen molar-refractivity contribution in [2.24, 2.45) is 5.41 Å². The number of amides is 1. The summed E-state index contributed by atoms with van der Waals surface area (Å²) in [6, 6.07) is 2.85. The Morgan fingerprint density at radius 2 is 1.95 bits per heavy atom. The fourth-order valence-corrected chi connectivity index (χ4v) is 2.84. The van der Waals surface area contributed by atoms with Crippen LogP contribution >= 0.6 is 0 Å². The van der Waals surface area contributed by atoms with E-state index in [2.05, 4.69) is 5.32 Å². The molecule has 0 spiro atoms. The maximum absolute atomic E-state index is 13.9. The minimum atomic E-state index is -0.500. The first-order valence-corrected chi connectivity index (χ1v) is 7.28. The highest BCUT2D eigenvalue weighted by atomic mass is 19.1. The molecule has 0 aromatic heterocycles. The maximum Gasteiger partial charge on any atom is 0.228 e. The van der Waals surface area contributed by atoms with Gasteiger partial charge in [0.05, 0.1) is 6.04 Å². The molecular formula is C16H22F2N2O. The fraction of sp³-hybridized carbons (Fsp3) is 0.562. The second-order valence-electron chi connectivity index (χ2n) is 6.07. The number of nitrogens with one attached hydrogen (secondary N) is 1. The minimum absolute atomic E-state index is 0.0137. The lowest BCUT2D eigenvalue weighted by molar-refractivity contribution is -0.143. The summed E-state index contributed by atoms with van der Waals surface area (Å²) in [5.41, 5.74) is -0.221. The molecule has 5 heteroatoms. The molecule has 1 aromatic carbocycles. The van der Waals surface area contributed by atoms with Crippen LogP contribution in [0.4, 0.5) is 8.78 Å². The quantitative estimate of drug-likeness (QED) is 0.930. The molecule has 1 unspecified atom stereocenters. The Bertz CT molecular complexity index is 527. The fourth-order valence-electron chi connectivity index (χ4n) is 2.84. The van der Waals surface area contributed by atoms with Crippen LogP contribution in [0.25, 0.3) is 0 Å². The van der Waals surface area contributed by atoms with Crippen molar-refractivity contribution in [3.05, 3.63) is 35.4 Å². The predicted octanol–water partition coefficient (Wildman–Crippen LogP) is 2.87. The summed E-state index contributed by atoms with van der Waals surface area (Å²) in [5.74, 6) is -0.994. The van der Waals surface area contributed by atoms with Gasteiger partial charge in [-0.15, -0.1) is 0 Å². The van der Waals surface area contributed by atoms with Crippen LogP contribution in [0, 0.1) is 17.0 Å². The zero-order chi connectivity index (χ0) is 15.6. The van der Waals surface area contributed by atoms with Gasteiger partial charge in [0.2, 0.25) is 5.91 Å². The molecule has 0 radical (unpaired) electrons. The first-order valence-electron chi connectivity index (χ1n) is 7.28. The highest BCUT2D eigenvalue weighted by molar-refractivity contribution is 5.82. The summed E-state index contributed by atoms with van der Waals surface area (Å²) >= 11 is 0. The molecule has 1 N–H and O–H groups in total. The SMILES string of the molecule is CC(c1cc(F)ccc1F)N(C)C(=O)C1(C)CCNCC1. The van der Waals surface area contributed by atoms with Gasteiger partial charge in [0.15, 0.2) is 0 Å². The number of hydrogen-bond donors (Lipinski definition) is 1. The highest BCUT2D eigenvalue weighted by Crippen LogP contribution is 2.33. The Morgan fingerprint density at radius 3 is 2.57 bits per heavy atom. The molecule has 1 saturated heterocycles. The van der Waals surface area contributed by atoms with Crippen molar-refractivity contribution in [3.63, 3.8) is 0 Å². The lowest BCUT2D eigenvalue weighted by Gasteiger charge is -2.38. The Hall–Kier alpha value is -1.49. The first-order chi connectivity index (χ1) is 9.85. The number of piperidine rings is 1. The number of carbonyl (C=O) groups is 1. The summed E-state index contributed by atoms with van der Waals surface area (Å²) < 4.78 is 27.2. The number of rotatable bonds is 3. The van der Waals surface area contributed by atoms with Gasteiger partial charge >= 0.3 is 0 Å². The van der Waals surface area contributed by atoms with E-state index < -0.39 is 23.1 Å². The summed E-state index contributed by atoms with van der Waals surface area (Å²) in [5, 5.41) is 3.23. The van der Waals surface area contributed by atoms with Crippen LogP contribution in [-0.4, -0.2) is 30.9 Å². The van der Waals surface area contributed by atoms with E-state index in [9.17, 15) is 13.6 Å². The standard InChI is InChI=1S/C16H22F2N2O/c1-11(13-10-12(17)4-5-14(13)18)20(3)15(21)16(2)6-8-19-9-7-16/h4-5,10-11,19H,6-9H2,1-3H3. The van der Waals surface area contributed by atoms with Gasteiger partial charge in [0.1, 0.15) is 11.6 Å². The second kappa shape index (κ2) is 6.10. The van der Waals surface area contributed by atoms with E-state index in [0.29, 0.717) is 0 Å². The smallest absolute Gasteiger partial charge is 0.228 e. The molecule has 0 aliphatic carbocycles. The van der Waals surface area contributed by atoms with Gasteiger partial charge in [-0.25, -0.2) is 8.78 Å². The monoisotopic (exact) mass is 296 g/mol. The second-order valence-corrected chi connectivity index (χ2v) is 6.07. The van der Waals surface area contributed by atoms with Crippen LogP contribution in [0.3, 0.4) is 0 Å².